The number of rotatable bonds is 9. The highest BCUT2D eigenvalue weighted by molar-refractivity contribution is 5.92. The number of methoxy groups -OCH3 is 1. The molecule has 0 aliphatic carbocycles. The molecule has 30 heavy (non-hydrogen) atoms. The topological polar surface area (TPSA) is 107 Å². The summed E-state index contributed by atoms with van der Waals surface area (Å²) >= 11 is 0. The summed E-state index contributed by atoms with van der Waals surface area (Å²) in [4.78, 5) is 24.3. The predicted molar refractivity (Wildman–Crippen MR) is 109 cm³/mol. The van der Waals surface area contributed by atoms with Gasteiger partial charge < -0.3 is 24.3 Å². The standard InChI is InChI=1S/C22H24N2O6/c1-5-28-20-10-15(12-23)6-8-18(20)30-22(26)16-7-9-17(19(11-16)27-4)29-13-21(25)24-14(2)3/h6-11,14H,5,13H2,1-4H3,(H,24,25). The highest BCUT2D eigenvalue weighted by Crippen LogP contribution is 2.31. The molecule has 0 heterocycles. The van der Waals surface area contributed by atoms with Gasteiger partial charge in [0, 0.05) is 12.1 Å². The van der Waals surface area contributed by atoms with Crippen molar-refractivity contribution in [3.8, 4) is 29.1 Å². The van der Waals surface area contributed by atoms with E-state index in [1.165, 1.54) is 43.5 Å². The van der Waals surface area contributed by atoms with E-state index in [1.807, 2.05) is 19.9 Å². The van der Waals surface area contributed by atoms with Crippen LogP contribution in [-0.2, 0) is 4.79 Å². The Bertz CT molecular complexity index is 949. The first-order valence-electron chi connectivity index (χ1n) is 9.37. The highest BCUT2D eigenvalue weighted by atomic mass is 16.6. The molecule has 158 valence electrons. The maximum Gasteiger partial charge on any atom is 0.343 e. The second kappa shape index (κ2) is 10.7. The Labute approximate surface area is 175 Å². The SMILES string of the molecule is CCOc1cc(C#N)ccc1OC(=O)c1ccc(OCC(=O)NC(C)C)c(OC)c1. The summed E-state index contributed by atoms with van der Waals surface area (Å²) in [6.45, 7) is 5.66. The smallest absolute Gasteiger partial charge is 0.343 e. The molecule has 2 rings (SSSR count). The van der Waals surface area contributed by atoms with Crippen LogP contribution in [0.25, 0.3) is 0 Å². The Morgan fingerprint density at radius 3 is 2.40 bits per heavy atom. The van der Waals surface area contributed by atoms with Crippen LogP contribution in [0.4, 0.5) is 0 Å². The van der Waals surface area contributed by atoms with Crippen LogP contribution in [0.3, 0.4) is 0 Å². The van der Waals surface area contributed by atoms with E-state index in [2.05, 4.69) is 5.32 Å². The Kier molecular flexibility index (Phi) is 8.06. The molecule has 0 aromatic heterocycles. The zero-order valence-corrected chi connectivity index (χ0v) is 17.4. The van der Waals surface area contributed by atoms with E-state index in [4.69, 9.17) is 24.2 Å². The number of ether oxygens (including phenoxy) is 4. The molecule has 8 nitrogen and oxygen atoms in total. The molecular weight excluding hydrogens is 388 g/mol. The fourth-order valence-corrected chi connectivity index (χ4v) is 2.51. The van der Waals surface area contributed by atoms with Gasteiger partial charge in [-0.2, -0.15) is 5.26 Å². The average molecular weight is 412 g/mol. The number of nitriles is 1. The molecule has 0 unspecified atom stereocenters. The van der Waals surface area contributed by atoms with Crippen LogP contribution in [0.1, 0.15) is 36.7 Å². The van der Waals surface area contributed by atoms with Crippen molar-refractivity contribution < 1.29 is 28.5 Å². The molecule has 0 aliphatic heterocycles. The second-order valence-corrected chi connectivity index (χ2v) is 6.47. The number of nitrogens with zero attached hydrogens (tertiary/aromatic N) is 1. The number of carbonyl (C=O) groups excluding carboxylic acids is 2. The lowest BCUT2D eigenvalue weighted by Gasteiger charge is -2.14. The number of nitrogens with one attached hydrogen (secondary N) is 1. The van der Waals surface area contributed by atoms with Crippen LogP contribution in [-0.4, -0.2) is 38.2 Å². The number of hydrogen-bond acceptors (Lipinski definition) is 7. The quantitative estimate of drug-likeness (QED) is 0.498. The van der Waals surface area contributed by atoms with Crippen LogP contribution in [0.2, 0.25) is 0 Å². The Morgan fingerprint density at radius 1 is 1.03 bits per heavy atom. The molecule has 0 bridgehead atoms. The summed E-state index contributed by atoms with van der Waals surface area (Å²) in [5.41, 5.74) is 0.612. The monoisotopic (exact) mass is 412 g/mol. The largest absolute Gasteiger partial charge is 0.493 e. The summed E-state index contributed by atoms with van der Waals surface area (Å²) in [7, 11) is 1.43. The summed E-state index contributed by atoms with van der Waals surface area (Å²) < 4.78 is 21.6. The third-order valence-electron chi connectivity index (χ3n) is 3.78. The van der Waals surface area contributed by atoms with Crippen molar-refractivity contribution in [1.29, 1.82) is 5.26 Å². The lowest BCUT2D eigenvalue weighted by Crippen LogP contribution is -2.34. The lowest BCUT2D eigenvalue weighted by molar-refractivity contribution is -0.123. The predicted octanol–water partition coefficient (Wildman–Crippen LogP) is 3.09. The van der Waals surface area contributed by atoms with E-state index in [1.54, 1.807) is 6.92 Å². The number of esters is 1. The van der Waals surface area contributed by atoms with Gasteiger partial charge >= 0.3 is 5.97 Å². The molecule has 0 aliphatic rings. The molecule has 2 aromatic carbocycles. The first-order chi connectivity index (χ1) is 14.4. The van der Waals surface area contributed by atoms with Crippen molar-refractivity contribution in [2.24, 2.45) is 0 Å². The molecule has 0 saturated carbocycles. The van der Waals surface area contributed by atoms with E-state index in [9.17, 15) is 9.59 Å². The van der Waals surface area contributed by atoms with Crippen molar-refractivity contribution in [3.05, 3.63) is 47.5 Å². The van der Waals surface area contributed by atoms with Gasteiger partial charge in [-0.05, 0) is 51.1 Å². The van der Waals surface area contributed by atoms with E-state index < -0.39 is 5.97 Å². The number of benzene rings is 2. The molecule has 0 spiro atoms. The average Bonchev–Trinajstić information content (AvgIpc) is 2.72. The summed E-state index contributed by atoms with van der Waals surface area (Å²) in [6.07, 6.45) is 0. The first kappa shape index (κ1) is 22.6. The van der Waals surface area contributed by atoms with Gasteiger partial charge in [0.15, 0.2) is 29.6 Å². The third-order valence-corrected chi connectivity index (χ3v) is 3.78. The van der Waals surface area contributed by atoms with Crippen LogP contribution in [0, 0.1) is 11.3 Å². The minimum atomic E-state index is -0.636. The maximum absolute atomic E-state index is 12.6. The Morgan fingerprint density at radius 2 is 1.77 bits per heavy atom. The van der Waals surface area contributed by atoms with E-state index in [0.717, 1.165) is 0 Å². The van der Waals surface area contributed by atoms with Crippen molar-refractivity contribution in [2.45, 2.75) is 26.8 Å². The van der Waals surface area contributed by atoms with Gasteiger partial charge in [-0.1, -0.05) is 0 Å². The second-order valence-electron chi connectivity index (χ2n) is 6.47. The molecule has 0 radical (unpaired) electrons. The van der Waals surface area contributed by atoms with Gasteiger partial charge in [-0.15, -0.1) is 0 Å². The van der Waals surface area contributed by atoms with Gasteiger partial charge in [0.1, 0.15) is 0 Å². The molecule has 0 atom stereocenters. The van der Waals surface area contributed by atoms with Gasteiger partial charge in [0.05, 0.1) is 30.9 Å². The van der Waals surface area contributed by atoms with Crippen LogP contribution < -0.4 is 24.3 Å². The summed E-state index contributed by atoms with van der Waals surface area (Å²) in [5.74, 6) is 0.203. The Hall–Kier alpha value is -3.73. The molecule has 8 heteroatoms. The molecule has 0 fully saturated rings. The van der Waals surface area contributed by atoms with Crippen LogP contribution >= 0.6 is 0 Å². The van der Waals surface area contributed by atoms with Gasteiger partial charge in [0.25, 0.3) is 5.91 Å². The van der Waals surface area contributed by atoms with Gasteiger partial charge in [0.2, 0.25) is 0 Å². The fraction of sp³-hybridized carbons (Fsp3) is 0.318. The molecule has 2 aromatic rings. The molecule has 0 saturated heterocycles. The van der Waals surface area contributed by atoms with Crippen molar-refractivity contribution >= 4 is 11.9 Å². The zero-order chi connectivity index (χ0) is 22.1. The highest BCUT2D eigenvalue weighted by Gasteiger charge is 2.17. The lowest BCUT2D eigenvalue weighted by atomic mass is 10.2. The van der Waals surface area contributed by atoms with Crippen molar-refractivity contribution in [1.82, 2.24) is 5.32 Å². The normalized spacial score (nSPS) is 10.1. The number of hydrogen-bond donors (Lipinski definition) is 1. The summed E-state index contributed by atoms with van der Waals surface area (Å²) in [6, 6.07) is 11.0. The fourth-order valence-electron chi connectivity index (χ4n) is 2.51. The molecule has 1 amide bonds. The van der Waals surface area contributed by atoms with Gasteiger partial charge in [-0.25, -0.2) is 4.79 Å². The number of carbonyl (C=O) groups is 2. The van der Waals surface area contributed by atoms with E-state index in [-0.39, 0.29) is 35.6 Å². The van der Waals surface area contributed by atoms with Crippen LogP contribution in [0.5, 0.6) is 23.0 Å². The summed E-state index contributed by atoms with van der Waals surface area (Å²) in [5, 5.41) is 11.7. The van der Waals surface area contributed by atoms with Gasteiger partial charge in [-0.3, -0.25) is 4.79 Å². The number of amides is 1. The zero-order valence-electron chi connectivity index (χ0n) is 17.4. The first-order valence-corrected chi connectivity index (χ1v) is 9.37. The van der Waals surface area contributed by atoms with E-state index in [0.29, 0.717) is 23.7 Å². The van der Waals surface area contributed by atoms with Crippen molar-refractivity contribution in [3.63, 3.8) is 0 Å². The third kappa shape index (κ3) is 6.14. The minimum absolute atomic E-state index is 0.00365. The van der Waals surface area contributed by atoms with Crippen LogP contribution in [0.15, 0.2) is 36.4 Å². The van der Waals surface area contributed by atoms with E-state index >= 15 is 0 Å². The maximum atomic E-state index is 12.6. The molecular formula is C22H24N2O6. The van der Waals surface area contributed by atoms with Crippen molar-refractivity contribution in [2.75, 3.05) is 20.3 Å². The minimum Gasteiger partial charge on any atom is -0.493 e. The Balaban J connectivity index is 2.15. The molecule has 1 N–H and O–H groups in total.